The van der Waals surface area contributed by atoms with Crippen LogP contribution in [-0.2, 0) is 0 Å². The van der Waals surface area contributed by atoms with Crippen LogP contribution in [0.4, 0.5) is 5.82 Å². The van der Waals surface area contributed by atoms with Gasteiger partial charge in [-0.05, 0) is 24.3 Å². The molecule has 1 saturated heterocycles. The maximum Gasteiger partial charge on any atom is 0.147 e. The van der Waals surface area contributed by atoms with Crippen molar-refractivity contribution < 1.29 is 0 Å². The second kappa shape index (κ2) is 5.84. The molecule has 4 heterocycles. The summed E-state index contributed by atoms with van der Waals surface area (Å²) in [7, 11) is 0. The lowest BCUT2D eigenvalue weighted by molar-refractivity contribution is 0.359. The largest absolute Gasteiger partial charge is 0.355 e. The van der Waals surface area contributed by atoms with Crippen LogP contribution in [0.2, 0.25) is 0 Å². The summed E-state index contributed by atoms with van der Waals surface area (Å²) in [6, 6.07) is 2.49. The summed E-state index contributed by atoms with van der Waals surface area (Å²) in [5.41, 5.74) is 2.10. The fraction of sp³-hybridized carbons (Fsp3) is 0.333. The zero-order valence-corrected chi connectivity index (χ0v) is 12.9. The van der Waals surface area contributed by atoms with Crippen molar-refractivity contribution in [3.63, 3.8) is 0 Å². The second-order valence-corrected chi connectivity index (χ2v) is 6.16. The highest BCUT2D eigenvalue weighted by Gasteiger charge is 2.22. The van der Waals surface area contributed by atoms with Crippen LogP contribution in [0.3, 0.4) is 0 Å². The number of piperidine rings is 1. The van der Waals surface area contributed by atoms with Gasteiger partial charge in [0, 0.05) is 36.4 Å². The predicted octanol–water partition coefficient (Wildman–Crippen LogP) is 2.64. The summed E-state index contributed by atoms with van der Waals surface area (Å²) in [6.45, 7) is 1.94. The Bertz CT molecular complexity index is 716. The van der Waals surface area contributed by atoms with Crippen LogP contribution >= 0.6 is 11.3 Å². The van der Waals surface area contributed by atoms with Crippen molar-refractivity contribution in [1.82, 2.24) is 25.0 Å². The standard InChI is InChI=1S/C15H16N6S/c1-6-20(15-9-16-4-5-17-15)7-2-13(1)21-10-14(18-19-21)12-3-8-22-11-12/h3-5,8-11,13H,1-2,6-7H2. The normalized spacial score (nSPS) is 16.1. The third-order valence-electron chi connectivity index (χ3n) is 4.04. The molecule has 0 saturated carbocycles. The van der Waals surface area contributed by atoms with E-state index in [0.717, 1.165) is 43.0 Å². The molecule has 3 aromatic heterocycles. The molecule has 1 fully saturated rings. The molecule has 4 rings (SSSR count). The molecular weight excluding hydrogens is 296 g/mol. The van der Waals surface area contributed by atoms with Gasteiger partial charge in [0.05, 0.1) is 18.4 Å². The number of rotatable bonds is 3. The average molecular weight is 312 g/mol. The van der Waals surface area contributed by atoms with Crippen molar-refractivity contribution >= 4 is 17.2 Å². The van der Waals surface area contributed by atoms with Gasteiger partial charge in [0.15, 0.2) is 0 Å². The van der Waals surface area contributed by atoms with Gasteiger partial charge in [-0.25, -0.2) is 9.67 Å². The van der Waals surface area contributed by atoms with Gasteiger partial charge >= 0.3 is 0 Å². The molecule has 0 spiro atoms. The molecule has 7 heteroatoms. The molecule has 0 N–H and O–H groups in total. The van der Waals surface area contributed by atoms with E-state index >= 15 is 0 Å². The van der Waals surface area contributed by atoms with E-state index in [2.05, 4.69) is 48.2 Å². The van der Waals surface area contributed by atoms with E-state index in [4.69, 9.17) is 0 Å². The molecule has 0 aromatic carbocycles. The molecule has 0 bridgehead atoms. The molecule has 6 nitrogen and oxygen atoms in total. The third kappa shape index (κ3) is 2.59. The van der Waals surface area contributed by atoms with E-state index in [0.29, 0.717) is 6.04 Å². The zero-order valence-electron chi connectivity index (χ0n) is 12.0. The number of hydrogen-bond acceptors (Lipinski definition) is 6. The number of anilines is 1. The Hall–Kier alpha value is -2.28. The van der Waals surface area contributed by atoms with Crippen molar-refractivity contribution in [2.75, 3.05) is 18.0 Å². The quantitative estimate of drug-likeness (QED) is 0.744. The smallest absolute Gasteiger partial charge is 0.147 e. The second-order valence-electron chi connectivity index (χ2n) is 5.38. The molecular formula is C15H16N6S. The molecule has 1 aliphatic heterocycles. The lowest BCUT2D eigenvalue weighted by Crippen LogP contribution is -2.35. The highest BCUT2D eigenvalue weighted by Crippen LogP contribution is 2.26. The highest BCUT2D eigenvalue weighted by molar-refractivity contribution is 7.08. The summed E-state index contributed by atoms with van der Waals surface area (Å²) >= 11 is 1.68. The molecule has 3 aromatic rings. The van der Waals surface area contributed by atoms with Gasteiger partial charge in [-0.3, -0.25) is 4.98 Å². The van der Waals surface area contributed by atoms with Gasteiger partial charge in [-0.15, -0.1) is 5.10 Å². The molecule has 0 amide bonds. The van der Waals surface area contributed by atoms with Gasteiger partial charge < -0.3 is 4.90 Å². The summed E-state index contributed by atoms with van der Waals surface area (Å²) in [6.07, 6.45) is 9.42. The average Bonchev–Trinajstić information content (AvgIpc) is 3.27. The van der Waals surface area contributed by atoms with E-state index < -0.39 is 0 Å². The first-order chi connectivity index (χ1) is 10.9. The Morgan fingerprint density at radius 3 is 2.82 bits per heavy atom. The SMILES string of the molecule is c1cnc(N2CCC(n3cc(-c4ccsc4)nn3)CC2)cn1. The summed E-state index contributed by atoms with van der Waals surface area (Å²) < 4.78 is 2.01. The van der Waals surface area contributed by atoms with Gasteiger partial charge in [0.1, 0.15) is 11.5 Å². The van der Waals surface area contributed by atoms with Crippen molar-refractivity contribution in [2.45, 2.75) is 18.9 Å². The number of aromatic nitrogens is 5. The van der Waals surface area contributed by atoms with Crippen LogP contribution < -0.4 is 4.90 Å². The molecule has 0 unspecified atom stereocenters. The fourth-order valence-electron chi connectivity index (χ4n) is 2.81. The third-order valence-corrected chi connectivity index (χ3v) is 4.72. The summed E-state index contributed by atoms with van der Waals surface area (Å²) in [4.78, 5) is 10.8. The Morgan fingerprint density at radius 1 is 1.18 bits per heavy atom. The van der Waals surface area contributed by atoms with Crippen molar-refractivity contribution in [2.24, 2.45) is 0 Å². The molecule has 0 atom stereocenters. The van der Waals surface area contributed by atoms with Crippen LogP contribution in [0.1, 0.15) is 18.9 Å². The number of hydrogen-bond donors (Lipinski definition) is 0. The van der Waals surface area contributed by atoms with Gasteiger partial charge in [-0.1, -0.05) is 5.21 Å². The van der Waals surface area contributed by atoms with Crippen LogP contribution in [0.15, 0.2) is 41.6 Å². The molecule has 0 aliphatic carbocycles. The van der Waals surface area contributed by atoms with E-state index in [1.165, 1.54) is 0 Å². The minimum atomic E-state index is 0.410. The first kappa shape index (κ1) is 13.4. The van der Waals surface area contributed by atoms with Gasteiger partial charge in [0.2, 0.25) is 0 Å². The minimum absolute atomic E-state index is 0.410. The predicted molar refractivity (Wildman–Crippen MR) is 85.9 cm³/mol. The monoisotopic (exact) mass is 312 g/mol. The molecule has 1 aliphatic rings. The van der Waals surface area contributed by atoms with Crippen molar-refractivity contribution in [3.05, 3.63) is 41.6 Å². The Labute approximate surface area is 132 Å². The Balaban J connectivity index is 1.44. The highest BCUT2D eigenvalue weighted by atomic mass is 32.1. The lowest BCUT2D eigenvalue weighted by Gasteiger charge is -2.32. The van der Waals surface area contributed by atoms with Crippen molar-refractivity contribution in [1.29, 1.82) is 0 Å². The Kier molecular flexibility index (Phi) is 3.56. The fourth-order valence-corrected chi connectivity index (χ4v) is 3.46. The van der Waals surface area contributed by atoms with Crippen molar-refractivity contribution in [3.8, 4) is 11.3 Å². The molecule has 22 heavy (non-hydrogen) atoms. The van der Waals surface area contributed by atoms with Crippen LogP contribution in [0.25, 0.3) is 11.3 Å². The summed E-state index contributed by atoms with van der Waals surface area (Å²) in [5, 5.41) is 12.8. The van der Waals surface area contributed by atoms with Crippen LogP contribution in [-0.4, -0.2) is 38.1 Å². The number of nitrogens with zero attached hydrogens (tertiary/aromatic N) is 6. The topological polar surface area (TPSA) is 59.7 Å². The summed E-state index contributed by atoms with van der Waals surface area (Å²) in [5.74, 6) is 0.957. The van der Waals surface area contributed by atoms with Gasteiger partial charge in [0.25, 0.3) is 0 Å². The zero-order chi connectivity index (χ0) is 14.8. The Morgan fingerprint density at radius 2 is 2.09 bits per heavy atom. The maximum absolute atomic E-state index is 4.37. The first-order valence-electron chi connectivity index (χ1n) is 7.35. The molecule has 0 radical (unpaired) electrons. The van der Waals surface area contributed by atoms with E-state index in [-0.39, 0.29) is 0 Å². The van der Waals surface area contributed by atoms with Crippen LogP contribution in [0.5, 0.6) is 0 Å². The molecule has 112 valence electrons. The van der Waals surface area contributed by atoms with Gasteiger partial charge in [-0.2, -0.15) is 11.3 Å². The van der Waals surface area contributed by atoms with E-state index in [1.54, 1.807) is 23.7 Å². The minimum Gasteiger partial charge on any atom is -0.355 e. The van der Waals surface area contributed by atoms with E-state index in [9.17, 15) is 0 Å². The lowest BCUT2D eigenvalue weighted by atomic mass is 10.1. The maximum atomic E-state index is 4.37. The van der Waals surface area contributed by atoms with Crippen LogP contribution in [0, 0.1) is 0 Å². The number of thiophene rings is 1. The first-order valence-corrected chi connectivity index (χ1v) is 8.30. The van der Waals surface area contributed by atoms with E-state index in [1.807, 2.05) is 10.9 Å².